The summed E-state index contributed by atoms with van der Waals surface area (Å²) in [5.74, 6) is -0.825. The molecule has 0 bridgehead atoms. The van der Waals surface area contributed by atoms with Crippen molar-refractivity contribution in [3.63, 3.8) is 0 Å². The van der Waals surface area contributed by atoms with Crippen LogP contribution in [0.1, 0.15) is 18.2 Å². The molecular weight excluding hydrogens is 312 g/mol. The van der Waals surface area contributed by atoms with Crippen LogP contribution in [0.25, 0.3) is 0 Å². The van der Waals surface area contributed by atoms with Crippen LogP contribution < -0.4 is 4.74 Å². The second-order valence-electron chi connectivity index (χ2n) is 3.87. The summed E-state index contributed by atoms with van der Waals surface area (Å²) in [5.41, 5.74) is 0.623. The van der Waals surface area contributed by atoms with Crippen LogP contribution in [0.5, 0.6) is 5.88 Å². The normalized spacial score (nSPS) is 12.8. The first kappa shape index (κ1) is 16.9. The summed E-state index contributed by atoms with van der Waals surface area (Å²) in [6.07, 6.45) is -14.8. The van der Waals surface area contributed by atoms with Crippen LogP contribution >= 0.6 is 11.6 Å². The molecule has 20 heavy (non-hydrogen) atoms. The second-order valence-corrected chi connectivity index (χ2v) is 4.14. The fourth-order valence-corrected chi connectivity index (χ4v) is 1.53. The Balaban J connectivity index is 3.11. The largest absolute Gasteiger partial charge is 0.455 e. The fraction of sp³-hybridized carbons (Fsp3) is 0.545. The maximum Gasteiger partial charge on any atom is 0.434 e. The Kier molecular flexibility index (Phi) is 5.12. The third-order valence-electron chi connectivity index (χ3n) is 2.26. The summed E-state index contributed by atoms with van der Waals surface area (Å²) in [4.78, 5) is 3.59. The quantitative estimate of drug-likeness (QED) is 0.611. The standard InChI is InChI=1S/C11H10ClF6NO/c1-2-7-3-6(5-12)4-8(19-7)20-9(10(13,14)15)11(16,17)18/h3-4,9H,2,5H2,1H3. The van der Waals surface area contributed by atoms with Gasteiger partial charge in [0.15, 0.2) is 0 Å². The van der Waals surface area contributed by atoms with E-state index in [1.54, 1.807) is 6.92 Å². The minimum absolute atomic E-state index is 0.0748. The number of rotatable bonds is 4. The molecule has 114 valence electrons. The summed E-state index contributed by atoms with van der Waals surface area (Å²) in [6.45, 7) is 1.65. The third-order valence-corrected chi connectivity index (χ3v) is 2.57. The SMILES string of the molecule is CCc1cc(CCl)cc(OC(C(F)(F)F)C(F)(F)F)n1. The van der Waals surface area contributed by atoms with Crippen LogP contribution in [-0.2, 0) is 12.3 Å². The van der Waals surface area contributed by atoms with Crippen molar-refractivity contribution < 1.29 is 31.1 Å². The lowest BCUT2D eigenvalue weighted by Crippen LogP contribution is -2.46. The molecule has 0 radical (unpaired) electrons. The van der Waals surface area contributed by atoms with E-state index in [9.17, 15) is 26.3 Å². The Labute approximate surface area is 115 Å². The maximum atomic E-state index is 12.4. The van der Waals surface area contributed by atoms with Crippen LogP contribution in [0.3, 0.4) is 0 Å². The zero-order valence-electron chi connectivity index (χ0n) is 10.1. The first-order valence-electron chi connectivity index (χ1n) is 5.43. The molecule has 0 saturated heterocycles. The van der Waals surface area contributed by atoms with Gasteiger partial charge in [-0.1, -0.05) is 6.92 Å². The average Bonchev–Trinajstić information content (AvgIpc) is 2.32. The zero-order chi connectivity index (χ0) is 15.6. The molecule has 0 amide bonds. The Morgan fingerprint density at radius 1 is 1.15 bits per heavy atom. The van der Waals surface area contributed by atoms with Gasteiger partial charge in [-0.2, -0.15) is 26.3 Å². The van der Waals surface area contributed by atoms with Gasteiger partial charge in [0.2, 0.25) is 5.88 Å². The number of nitrogens with zero attached hydrogens (tertiary/aromatic N) is 1. The van der Waals surface area contributed by atoms with Crippen molar-refractivity contribution in [3.8, 4) is 5.88 Å². The van der Waals surface area contributed by atoms with Gasteiger partial charge < -0.3 is 4.74 Å². The molecule has 9 heteroatoms. The van der Waals surface area contributed by atoms with E-state index in [0.29, 0.717) is 17.7 Å². The molecule has 1 aromatic heterocycles. The molecule has 2 nitrogen and oxygen atoms in total. The van der Waals surface area contributed by atoms with Crippen molar-refractivity contribution in [1.29, 1.82) is 0 Å². The molecule has 1 rings (SSSR count). The number of aryl methyl sites for hydroxylation is 1. The highest BCUT2D eigenvalue weighted by Crippen LogP contribution is 2.36. The van der Waals surface area contributed by atoms with E-state index in [4.69, 9.17) is 11.6 Å². The number of aromatic nitrogens is 1. The molecule has 0 saturated carbocycles. The van der Waals surface area contributed by atoms with Crippen molar-refractivity contribution in [3.05, 3.63) is 23.4 Å². The summed E-state index contributed by atoms with van der Waals surface area (Å²) < 4.78 is 78.2. The number of hydrogen-bond donors (Lipinski definition) is 0. The van der Waals surface area contributed by atoms with Gasteiger partial charge >= 0.3 is 12.4 Å². The molecule has 0 aliphatic heterocycles. The van der Waals surface area contributed by atoms with Gasteiger partial charge in [0.25, 0.3) is 6.10 Å². The van der Waals surface area contributed by atoms with E-state index < -0.39 is 24.3 Å². The Morgan fingerprint density at radius 3 is 2.10 bits per heavy atom. The maximum absolute atomic E-state index is 12.4. The highest BCUT2D eigenvalue weighted by atomic mass is 35.5. The molecule has 1 aromatic rings. The number of ether oxygens (including phenoxy) is 1. The number of alkyl halides is 7. The minimum Gasteiger partial charge on any atom is -0.455 e. The molecule has 0 unspecified atom stereocenters. The lowest BCUT2D eigenvalue weighted by molar-refractivity contribution is -0.300. The van der Waals surface area contributed by atoms with E-state index in [2.05, 4.69) is 9.72 Å². The zero-order valence-corrected chi connectivity index (χ0v) is 10.9. The first-order valence-corrected chi connectivity index (χ1v) is 5.97. The number of halogens is 7. The van der Waals surface area contributed by atoms with E-state index >= 15 is 0 Å². The lowest BCUT2D eigenvalue weighted by atomic mass is 10.2. The van der Waals surface area contributed by atoms with Crippen molar-refractivity contribution >= 4 is 11.6 Å². The van der Waals surface area contributed by atoms with Crippen LogP contribution in [0.15, 0.2) is 12.1 Å². The van der Waals surface area contributed by atoms with Crippen LogP contribution in [0.4, 0.5) is 26.3 Å². The summed E-state index contributed by atoms with van der Waals surface area (Å²) in [6, 6.07) is 2.44. The highest BCUT2D eigenvalue weighted by Gasteiger charge is 2.59. The predicted octanol–water partition coefficient (Wildman–Crippen LogP) is 4.25. The van der Waals surface area contributed by atoms with Gasteiger partial charge in [0, 0.05) is 17.6 Å². The summed E-state index contributed by atoms with van der Waals surface area (Å²) in [5, 5.41) is 0. The van der Waals surface area contributed by atoms with Crippen molar-refractivity contribution in [2.45, 2.75) is 37.7 Å². The summed E-state index contributed by atoms with van der Waals surface area (Å²) >= 11 is 5.52. The van der Waals surface area contributed by atoms with E-state index in [0.717, 1.165) is 6.07 Å². The van der Waals surface area contributed by atoms with Gasteiger partial charge in [0.05, 0.1) is 0 Å². The molecule has 0 N–H and O–H groups in total. The lowest BCUT2D eigenvalue weighted by Gasteiger charge is -2.23. The van der Waals surface area contributed by atoms with Crippen LogP contribution in [0.2, 0.25) is 0 Å². The number of hydrogen-bond acceptors (Lipinski definition) is 2. The Morgan fingerprint density at radius 2 is 1.70 bits per heavy atom. The van der Waals surface area contributed by atoms with Gasteiger partial charge in [0.1, 0.15) is 0 Å². The van der Waals surface area contributed by atoms with E-state index in [-0.39, 0.29) is 5.88 Å². The van der Waals surface area contributed by atoms with Crippen molar-refractivity contribution in [2.24, 2.45) is 0 Å². The van der Waals surface area contributed by atoms with Gasteiger partial charge in [-0.15, -0.1) is 11.6 Å². The van der Waals surface area contributed by atoms with Crippen molar-refractivity contribution in [1.82, 2.24) is 4.98 Å². The smallest absolute Gasteiger partial charge is 0.434 e. The highest BCUT2D eigenvalue weighted by molar-refractivity contribution is 6.17. The minimum atomic E-state index is -5.58. The fourth-order valence-electron chi connectivity index (χ4n) is 1.38. The molecule has 0 atom stereocenters. The van der Waals surface area contributed by atoms with Crippen LogP contribution in [0, 0.1) is 0 Å². The third kappa shape index (κ3) is 4.43. The molecular formula is C11H10ClF6NO. The first-order chi connectivity index (χ1) is 9.07. The van der Waals surface area contributed by atoms with Gasteiger partial charge in [-0.25, -0.2) is 4.98 Å². The van der Waals surface area contributed by atoms with E-state index in [1.807, 2.05) is 0 Å². The predicted molar refractivity (Wildman–Crippen MR) is 59.7 cm³/mol. The van der Waals surface area contributed by atoms with Gasteiger partial charge in [-0.3, -0.25) is 0 Å². The summed E-state index contributed by atoms with van der Waals surface area (Å²) in [7, 11) is 0. The molecule has 0 fully saturated rings. The van der Waals surface area contributed by atoms with E-state index in [1.165, 1.54) is 6.07 Å². The molecule has 1 heterocycles. The van der Waals surface area contributed by atoms with Crippen molar-refractivity contribution in [2.75, 3.05) is 0 Å². The second kappa shape index (κ2) is 6.07. The monoisotopic (exact) mass is 321 g/mol. The topological polar surface area (TPSA) is 22.1 Å². The average molecular weight is 322 g/mol. The number of pyridine rings is 1. The molecule has 0 spiro atoms. The molecule has 0 aromatic carbocycles. The van der Waals surface area contributed by atoms with Gasteiger partial charge in [-0.05, 0) is 18.1 Å². The molecule has 0 aliphatic carbocycles. The Hall–Kier alpha value is -1.18. The Bertz CT molecular complexity index is 423. The molecule has 0 aliphatic rings. The van der Waals surface area contributed by atoms with Crippen LogP contribution in [-0.4, -0.2) is 23.4 Å².